The molecule has 7 rings (SSSR count). The van der Waals surface area contributed by atoms with E-state index in [9.17, 15) is 0 Å². The van der Waals surface area contributed by atoms with Crippen molar-refractivity contribution in [3.8, 4) is 0 Å². The summed E-state index contributed by atoms with van der Waals surface area (Å²) >= 11 is 0. The Hall–Kier alpha value is -3.76. The Morgan fingerprint density at radius 3 is 1.40 bits per heavy atom. The number of para-hydroxylation sites is 6. The zero-order valence-electron chi connectivity index (χ0n) is 26.3. The first kappa shape index (κ1) is 15.3. The van der Waals surface area contributed by atoms with E-state index >= 15 is 0 Å². The van der Waals surface area contributed by atoms with Crippen LogP contribution in [0.5, 0.6) is 0 Å². The molecule has 6 aromatic rings. The minimum atomic E-state index is -0.450. The van der Waals surface area contributed by atoms with Crippen LogP contribution in [-0.4, -0.2) is 0 Å². The fourth-order valence-electron chi connectivity index (χ4n) is 3.95. The van der Waals surface area contributed by atoms with Crippen molar-refractivity contribution >= 4 is 44.6 Å². The quantitative estimate of drug-likeness (QED) is 0.141. The van der Waals surface area contributed by atoms with Gasteiger partial charge in [-0.25, -0.2) is 0 Å². The molecule has 0 amide bonds. The smallest absolute Gasteiger partial charge is 0.0629 e. The van der Waals surface area contributed by atoms with Gasteiger partial charge in [-0.1, -0.05) is 96.9 Å². The van der Waals surface area contributed by atoms with E-state index in [1.807, 2.05) is 12.1 Å². The fourth-order valence-corrected chi connectivity index (χ4v) is 3.95. The van der Waals surface area contributed by atoms with Gasteiger partial charge in [0.25, 0.3) is 0 Å². The van der Waals surface area contributed by atoms with Crippen molar-refractivity contribution in [1.29, 1.82) is 0 Å². The predicted molar refractivity (Wildman–Crippen MR) is 143 cm³/mol. The van der Waals surface area contributed by atoms with Crippen molar-refractivity contribution in [2.24, 2.45) is 0 Å². The van der Waals surface area contributed by atoms with Gasteiger partial charge in [0.2, 0.25) is 0 Å². The Balaban J connectivity index is 0.000000167. The molecule has 0 N–H and O–H groups in total. The summed E-state index contributed by atoms with van der Waals surface area (Å²) < 4.78 is 62.2. The van der Waals surface area contributed by atoms with Gasteiger partial charge in [0.1, 0.15) is 0 Å². The number of rotatable bonds is 2. The van der Waals surface area contributed by atoms with Crippen molar-refractivity contribution in [2.45, 2.75) is 0 Å². The number of hydrogen-bond donors (Lipinski definition) is 0. The normalized spacial score (nSPS) is 15.3. The average molecular weight is 643 g/mol. The predicted octanol–water partition coefficient (Wildman–Crippen LogP) is 8.04. The van der Waals surface area contributed by atoms with E-state index in [0.717, 1.165) is 0 Å². The van der Waals surface area contributed by atoms with Crippen LogP contribution < -0.4 is 14.8 Å². The number of fused-ring (bicyclic) bond motifs is 4. The van der Waals surface area contributed by atoms with E-state index in [1.165, 1.54) is 22.7 Å². The third kappa shape index (κ3) is 4.50. The molecule has 0 aliphatic carbocycles. The molecule has 1 radical (unpaired) electrons. The van der Waals surface area contributed by atoms with Gasteiger partial charge in [-0.05, 0) is 47.2 Å². The van der Waals surface area contributed by atoms with Gasteiger partial charge < -0.3 is 14.8 Å². The number of benzene rings is 5. The first-order chi connectivity index (χ1) is 20.2. The van der Waals surface area contributed by atoms with Crippen LogP contribution in [0.1, 0.15) is 11.0 Å². The monoisotopic (exact) mass is 642 g/mol. The third-order valence-electron chi connectivity index (χ3n) is 5.51. The van der Waals surface area contributed by atoms with Gasteiger partial charge in [-0.2, -0.15) is 0 Å². The molecule has 0 unspecified atom stereocenters. The van der Waals surface area contributed by atoms with Gasteiger partial charge in [0.05, 0.1) is 11.0 Å². The molecule has 2 heterocycles. The summed E-state index contributed by atoms with van der Waals surface area (Å²) in [6.45, 7) is 2.15. The van der Waals surface area contributed by atoms with Crippen LogP contribution in [0, 0.1) is 6.67 Å². The Bertz CT molecular complexity index is 1830. The van der Waals surface area contributed by atoms with Crippen molar-refractivity contribution in [1.82, 2.24) is 4.98 Å². The molecule has 175 valence electrons. The number of hydrogen-bond acceptors (Lipinski definition) is 2. The molecular formula is C31H23AuN3-2. The molecule has 1 aliphatic heterocycles. The van der Waals surface area contributed by atoms with Gasteiger partial charge in [0.15, 0.2) is 0 Å². The van der Waals surface area contributed by atoms with E-state index < -0.39 is 24.2 Å². The largest absolute Gasteiger partial charge is 0.657 e. The summed E-state index contributed by atoms with van der Waals surface area (Å²) in [7, 11) is 0. The van der Waals surface area contributed by atoms with Crippen LogP contribution >= 0.6 is 0 Å². The maximum Gasteiger partial charge on any atom is 0.0629 e. The van der Waals surface area contributed by atoms with Gasteiger partial charge in [0, 0.05) is 45.1 Å². The Kier molecular flexibility index (Phi) is 4.47. The van der Waals surface area contributed by atoms with E-state index in [1.54, 1.807) is 0 Å². The van der Waals surface area contributed by atoms with Crippen LogP contribution in [0.15, 0.2) is 133 Å². The standard InChI is InChI=1S/C19H15N2.C12H8N.Au/c1-3-9-16(10-4-1)20-15-21(17-11-5-2-6-12-17)19-14-8-7-13-18(19)20;1-3-7-11-9(5-1)10-6-2-4-8-12(10)13-11;/h1-15H;1-8H;/q2*-1;/i;1D,2D,3D,4D,5D,6D,7D,8D;. The molecule has 35 heavy (non-hydrogen) atoms. The molecule has 0 bridgehead atoms. The van der Waals surface area contributed by atoms with E-state index in [4.69, 9.17) is 11.0 Å². The maximum absolute atomic E-state index is 7.93. The molecule has 1 aromatic heterocycles. The number of aromatic nitrogens is 1. The second-order valence-electron chi connectivity index (χ2n) is 7.57. The molecule has 1 aliphatic rings. The Morgan fingerprint density at radius 2 is 0.943 bits per heavy atom. The zero-order valence-corrected chi connectivity index (χ0v) is 20.5. The summed E-state index contributed by atoms with van der Waals surface area (Å²) in [6, 6.07) is 26.2. The first-order valence-electron chi connectivity index (χ1n) is 14.8. The zero-order chi connectivity index (χ0) is 29.7. The SMILES string of the molecule is [2H]c1c([2H])c([2H])c2c([n-]c3c([2H])c([2H])c([2H])c([2H])c32)c1[2H].[Au].c1ccc(N2[CH-]N(c3ccccc3)c3ccccc32)cc1. The van der Waals surface area contributed by atoms with Crippen LogP contribution in [0.2, 0.25) is 0 Å². The van der Waals surface area contributed by atoms with Crippen molar-refractivity contribution in [3.05, 3.63) is 140 Å². The summed E-state index contributed by atoms with van der Waals surface area (Å²) in [5, 5.41) is 0.0611. The second kappa shape index (κ2) is 10.2. The number of nitrogens with zero attached hydrogens (tertiary/aromatic N) is 3. The second-order valence-corrected chi connectivity index (χ2v) is 7.57. The van der Waals surface area contributed by atoms with Crippen molar-refractivity contribution in [2.75, 3.05) is 9.80 Å². The van der Waals surface area contributed by atoms with E-state index in [2.05, 4.69) is 94.2 Å². The molecule has 0 fully saturated rings. The topological polar surface area (TPSA) is 20.6 Å². The first-order valence-corrected chi connectivity index (χ1v) is 10.8. The minimum Gasteiger partial charge on any atom is -0.657 e. The van der Waals surface area contributed by atoms with Crippen LogP contribution in [0.3, 0.4) is 0 Å². The van der Waals surface area contributed by atoms with Crippen LogP contribution in [0.25, 0.3) is 21.8 Å². The average Bonchev–Trinajstić information content (AvgIpc) is 3.62. The molecule has 0 saturated heterocycles. The molecule has 0 spiro atoms. The molecule has 4 heteroatoms. The summed E-state index contributed by atoms with van der Waals surface area (Å²) in [4.78, 5) is 8.47. The maximum atomic E-state index is 7.93. The van der Waals surface area contributed by atoms with Crippen molar-refractivity contribution in [3.63, 3.8) is 0 Å². The fraction of sp³-hybridized carbons (Fsp3) is 0. The molecular weight excluding hydrogens is 611 g/mol. The summed E-state index contributed by atoms with van der Waals surface area (Å²) in [5.41, 5.74) is 4.66. The minimum absolute atomic E-state index is 0. The van der Waals surface area contributed by atoms with Gasteiger partial charge >= 0.3 is 0 Å². The van der Waals surface area contributed by atoms with Gasteiger partial charge in [-0.15, -0.1) is 17.7 Å². The summed E-state index contributed by atoms with van der Waals surface area (Å²) in [5.74, 6) is 0. The van der Waals surface area contributed by atoms with Crippen LogP contribution in [-0.2, 0) is 22.4 Å². The molecule has 3 nitrogen and oxygen atoms in total. The Labute approximate surface area is 232 Å². The molecule has 0 atom stereocenters. The van der Waals surface area contributed by atoms with Gasteiger partial charge in [-0.3, -0.25) is 0 Å². The van der Waals surface area contributed by atoms with Crippen molar-refractivity contribution < 1.29 is 33.3 Å². The van der Waals surface area contributed by atoms with E-state index in [-0.39, 0.29) is 68.4 Å². The van der Waals surface area contributed by atoms with Crippen LogP contribution in [0.4, 0.5) is 22.7 Å². The number of anilines is 4. The summed E-state index contributed by atoms with van der Waals surface area (Å²) in [6.07, 6.45) is 0. The third-order valence-corrected chi connectivity index (χ3v) is 5.51. The Morgan fingerprint density at radius 1 is 0.543 bits per heavy atom. The van der Waals surface area contributed by atoms with E-state index in [0.29, 0.717) is 0 Å². The molecule has 5 aromatic carbocycles. The molecule has 0 saturated carbocycles.